The monoisotopic (exact) mass is 432 g/mol. The van der Waals surface area contributed by atoms with Gasteiger partial charge < -0.3 is 9.31 Å². The SMILES string of the molecule is CC(=O)SCC(=Cc1cc(F)c(Br)cc1F)B1OC(C)(C)C(C)(C)O1. The lowest BCUT2D eigenvalue weighted by atomic mass is 9.78. The zero-order valence-electron chi connectivity index (χ0n) is 14.8. The summed E-state index contributed by atoms with van der Waals surface area (Å²) in [7, 11) is -0.733. The molecule has 1 fully saturated rings. The molecule has 0 spiro atoms. The van der Waals surface area contributed by atoms with Crippen molar-refractivity contribution in [3.05, 3.63) is 39.3 Å². The number of carbonyl (C=O) groups excluding carboxylic acids is 1. The van der Waals surface area contributed by atoms with Crippen LogP contribution in [-0.4, -0.2) is 29.2 Å². The number of carbonyl (C=O) groups is 1. The third-order valence-electron chi connectivity index (χ3n) is 4.38. The van der Waals surface area contributed by atoms with Crippen LogP contribution in [0.1, 0.15) is 40.2 Å². The summed E-state index contributed by atoms with van der Waals surface area (Å²) in [5.74, 6) is -0.876. The van der Waals surface area contributed by atoms with Gasteiger partial charge >= 0.3 is 7.12 Å². The fraction of sp³-hybridized carbons (Fsp3) is 0.471. The summed E-state index contributed by atoms with van der Waals surface area (Å²) >= 11 is 4.02. The minimum atomic E-state index is -0.733. The van der Waals surface area contributed by atoms with Crippen molar-refractivity contribution in [2.24, 2.45) is 0 Å². The molecular formula is C17H20BBrF2O3S. The second kappa shape index (κ2) is 7.51. The summed E-state index contributed by atoms with van der Waals surface area (Å²) in [6, 6.07) is 2.17. The molecule has 25 heavy (non-hydrogen) atoms. The maximum Gasteiger partial charge on any atom is 0.491 e. The van der Waals surface area contributed by atoms with E-state index in [1.54, 1.807) is 0 Å². The fourth-order valence-corrected chi connectivity index (χ4v) is 3.11. The quantitative estimate of drug-likeness (QED) is 0.494. The van der Waals surface area contributed by atoms with Crippen LogP contribution in [-0.2, 0) is 14.1 Å². The van der Waals surface area contributed by atoms with Gasteiger partial charge in [0.05, 0.1) is 15.7 Å². The van der Waals surface area contributed by atoms with Crippen molar-refractivity contribution < 1.29 is 22.9 Å². The van der Waals surface area contributed by atoms with Crippen LogP contribution in [0.25, 0.3) is 6.08 Å². The Kier molecular flexibility index (Phi) is 6.19. The molecule has 0 N–H and O–H groups in total. The highest BCUT2D eigenvalue weighted by Gasteiger charge is 2.52. The van der Waals surface area contributed by atoms with Crippen LogP contribution in [0, 0.1) is 11.6 Å². The predicted octanol–water partition coefficient (Wildman–Crippen LogP) is 5.02. The summed E-state index contributed by atoms with van der Waals surface area (Å²) in [6.45, 7) is 9.07. The predicted molar refractivity (Wildman–Crippen MR) is 101 cm³/mol. The Morgan fingerprint density at radius 1 is 1.20 bits per heavy atom. The first kappa shape index (κ1) is 20.6. The molecular weight excluding hydrogens is 413 g/mol. The number of hydrogen-bond donors (Lipinski definition) is 0. The second-order valence-electron chi connectivity index (χ2n) is 6.88. The molecule has 136 valence electrons. The molecule has 1 saturated heterocycles. The molecule has 1 aliphatic rings. The average molecular weight is 433 g/mol. The van der Waals surface area contributed by atoms with Gasteiger partial charge in [0.2, 0.25) is 0 Å². The molecule has 1 aromatic rings. The van der Waals surface area contributed by atoms with E-state index in [1.807, 2.05) is 27.7 Å². The van der Waals surface area contributed by atoms with E-state index < -0.39 is 30.0 Å². The van der Waals surface area contributed by atoms with Crippen LogP contribution in [0.3, 0.4) is 0 Å². The van der Waals surface area contributed by atoms with Gasteiger partial charge in [-0.15, -0.1) is 0 Å². The van der Waals surface area contributed by atoms with Gasteiger partial charge in [0.15, 0.2) is 5.12 Å². The molecule has 8 heteroatoms. The zero-order chi connectivity index (χ0) is 19.0. The molecule has 0 amide bonds. The summed E-state index contributed by atoms with van der Waals surface area (Å²) in [5, 5.41) is -0.0788. The lowest BCUT2D eigenvalue weighted by Gasteiger charge is -2.32. The molecule has 2 rings (SSSR count). The molecule has 0 saturated carbocycles. The van der Waals surface area contributed by atoms with Gasteiger partial charge in [0.25, 0.3) is 0 Å². The first-order valence-corrected chi connectivity index (χ1v) is 9.55. The Bertz CT molecular complexity index is 706. The van der Waals surface area contributed by atoms with Gasteiger partial charge in [-0.25, -0.2) is 8.78 Å². The molecule has 3 nitrogen and oxygen atoms in total. The van der Waals surface area contributed by atoms with E-state index in [9.17, 15) is 13.6 Å². The number of halogens is 3. The standard InChI is InChI=1S/C17H20BBrF2O3S/c1-10(22)25-9-12(18-23-16(2,3)17(4,5)24-18)6-11-7-15(21)13(19)8-14(11)20/h6-8H,9H2,1-5H3. The zero-order valence-corrected chi connectivity index (χ0v) is 17.2. The topological polar surface area (TPSA) is 35.5 Å². The van der Waals surface area contributed by atoms with E-state index in [4.69, 9.17) is 9.31 Å². The summed E-state index contributed by atoms with van der Waals surface area (Å²) in [6.07, 6.45) is 1.49. The maximum atomic E-state index is 14.2. The number of benzene rings is 1. The van der Waals surface area contributed by atoms with Gasteiger partial charge in [-0.05, 0) is 61.2 Å². The Morgan fingerprint density at radius 2 is 1.76 bits per heavy atom. The van der Waals surface area contributed by atoms with Crippen LogP contribution in [0.15, 0.2) is 22.1 Å². The normalized spacial score (nSPS) is 19.4. The first-order valence-electron chi connectivity index (χ1n) is 7.77. The van der Waals surface area contributed by atoms with Crippen molar-refractivity contribution in [3.63, 3.8) is 0 Å². The van der Waals surface area contributed by atoms with Gasteiger partial charge in [-0.2, -0.15) is 0 Å². The van der Waals surface area contributed by atoms with Crippen LogP contribution < -0.4 is 0 Å². The summed E-state index contributed by atoms with van der Waals surface area (Å²) < 4.78 is 40.0. The van der Waals surface area contributed by atoms with Crippen molar-refractivity contribution >= 4 is 46.0 Å². The molecule has 0 aromatic heterocycles. The largest absolute Gasteiger partial charge is 0.491 e. The van der Waals surface area contributed by atoms with Crippen molar-refractivity contribution in [1.29, 1.82) is 0 Å². The van der Waals surface area contributed by atoms with E-state index in [0.29, 0.717) is 5.47 Å². The van der Waals surface area contributed by atoms with Gasteiger partial charge in [0, 0.05) is 18.2 Å². The van der Waals surface area contributed by atoms with Gasteiger partial charge in [0.1, 0.15) is 11.6 Å². The maximum absolute atomic E-state index is 14.2. The minimum absolute atomic E-state index is 0.0532. The Balaban J connectivity index is 2.40. The second-order valence-corrected chi connectivity index (χ2v) is 8.88. The third kappa shape index (κ3) is 4.73. The van der Waals surface area contributed by atoms with E-state index >= 15 is 0 Å². The highest BCUT2D eigenvalue weighted by molar-refractivity contribution is 9.10. The third-order valence-corrected chi connectivity index (χ3v) is 5.87. The van der Waals surface area contributed by atoms with Crippen LogP contribution in [0.5, 0.6) is 0 Å². The number of thioether (sulfide) groups is 1. The molecule has 0 bridgehead atoms. The lowest BCUT2D eigenvalue weighted by molar-refractivity contribution is -0.109. The van der Waals surface area contributed by atoms with Crippen LogP contribution >= 0.6 is 27.7 Å². The van der Waals surface area contributed by atoms with Crippen molar-refractivity contribution in [2.45, 2.75) is 45.8 Å². The molecule has 1 aliphatic heterocycles. The number of hydrogen-bond acceptors (Lipinski definition) is 4. The minimum Gasteiger partial charge on any atom is -0.400 e. The van der Waals surface area contributed by atoms with Gasteiger partial charge in [-0.1, -0.05) is 17.8 Å². The average Bonchev–Trinajstić information content (AvgIpc) is 2.68. The highest BCUT2D eigenvalue weighted by atomic mass is 79.9. The lowest BCUT2D eigenvalue weighted by Crippen LogP contribution is -2.41. The smallest absolute Gasteiger partial charge is 0.400 e. The van der Waals surface area contributed by atoms with Crippen LogP contribution in [0.4, 0.5) is 8.78 Å². The molecule has 0 radical (unpaired) electrons. The number of rotatable bonds is 4. The van der Waals surface area contributed by atoms with Crippen molar-refractivity contribution in [3.8, 4) is 0 Å². The van der Waals surface area contributed by atoms with E-state index in [2.05, 4.69) is 15.9 Å². The Morgan fingerprint density at radius 3 is 2.28 bits per heavy atom. The molecule has 1 aromatic carbocycles. The summed E-state index contributed by atoms with van der Waals surface area (Å²) in [5.41, 5.74) is -0.489. The molecule has 0 aliphatic carbocycles. The van der Waals surface area contributed by atoms with E-state index in [0.717, 1.165) is 23.9 Å². The molecule has 1 heterocycles. The van der Waals surface area contributed by atoms with E-state index in [1.165, 1.54) is 13.0 Å². The van der Waals surface area contributed by atoms with Gasteiger partial charge in [-0.3, -0.25) is 4.79 Å². The van der Waals surface area contributed by atoms with E-state index in [-0.39, 0.29) is 20.9 Å². The fourth-order valence-electron chi connectivity index (χ4n) is 2.21. The molecule has 0 unspecified atom stereocenters. The highest BCUT2D eigenvalue weighted by Crippen LogP contribution is 2.39. The Hall–Kier alpha value is -0.695. The summed E-state index contributed by atoms with van der Waals surface area (Å²) in [4.78, 5) is 11.3. The first-order chi connectivity index (χ1) is 11.4. The van der Waals surface area contributed by atoms with Crippen molar-refractivity contribution in [1.82, 2.24) is 0 Å². The Labute approximate surface area is 159 Å². The van der Waals surface area contributed by atoms with Crippen molar-refractivity contribution in [2.75, 3.05) is 5.75 Å². The van der Waals surface area contributed by atoms with Crippen LogP contribution in [0.2, 0.25) is 0 Å². The molecule has 0 atom stereocenters.